The molecule has 6 rings (SSSR count). The maximum Gasteiger partial charge on any atom is 0.339 e. The maximum absolute atomic E-state index is 13.5. The van der Waals surface area contributed by atoms with Crippen LogP contribution < -0.4 is 30.7 Å². The molecule has 1 heterocycles. The molecule has 4 amide bonds. The Morgan fingerprint density at radius 2 is 1.21 bits per heavy atom. The number of carbonyl (C=O) groups excluding carboxylic acids is 4. The summed E-state index contributed by atoms with van der Waals surface area (Å²) in [6.07, 6.45) is 1.40. The highest BCUT2D eigenvalue weighted by molar-refractivity contribution is 6.10. The molecule has 6 aromatic rings. The Morgan fingerprint density at radius 3 is 1.77 bits per heavy atom. The van der Waals surface area contributed by atoms with Gasteiger partial charge in [-0.05, 0) is 97.1 Å². The maximum atomic E-state index is 13.5. The second-order valence-corrected chi connectivity index (χ2v) is 12.9. The van der Waals surface area contributed by atoms with Gasteiger partial charge >= 0.3 is 5.97 Å². The molecular formula is C43H34FN7O10. The van der Waals surface area contributed by atoms with Gasteiger partial charge in [-0.3, -0.25) is 19.2 Å². The number of hydrogen-bond acceptors (Lipinski definition) is 11. The number of methoxy groups -OCH3 is 2. The van der Waals surface area contributed by atoms with E-state index in [2.05, 4.69) is 48.5 Å². The van der Waals surface area contributed by atoms with E-state index in [0.29, 0.717) is 16.8 Å². The van der Waals surface area contributed by atoms with Gasteiger partial charge in [0.25, 0.3) is 17.7 Å². The molecule has 1 atom stereocenters. The Balaban J connectivity index is 1.10. The number of aromatic nitrogens is 3. The number of H-pyrrole nitrogens is 1. The lowest BCUT2D eigenvalue weighted by Gasteiger charge is -2.18. The molecule has 0 radical (unpaired) electrons. The average Bonchev–Trinajstić information content (AvgIpc) is 3.77. The van der Waals surface area contributed by atoms with Gasteiger partial charge in [-0.25, -0.2) is 9.18 Å². The lowest BCUT2D eigenvalue weighted by atomic mass is 10.1. The number of nitrogens with one attached hydrogen (secondary N) is 5. The van der Waals surface area contributed by atoms with Crippen LogP contribution in [0.25, 0.3) is 0 Å². The Hall–Kier alpha value is -8.72. The van der Waals surface area contributed by atoms with Crippen molar-refractivity contribution in [2.45, 2.75) is 12.5 Å². The van der Waals surface area contributed by atoms with Crippen molar-refractivity contribution in [2.75, 3.05) is 30.2 Å². The summed E-state index contributed by atoms with van der Waals surface area (Å²) >= 11 is 0. The number of anilines is 3. The first-order valence-electron chi connectivity index (χ1n) is 17.9. The SMILES string of the molecule is COc1c(NC(=O)c2ccc(NC(=O)c3ccc(NC(=O)[C@H](Cc4cn[nH]n4)NC(=O)c4ccc(C#Cc5ccc(F)cc5)cc4)cc3)c(OC)c2O)ccc(C(=O)O)c1O. The van der Waals surface area contributed by atoms with E-state index < -0.39 is 52.7 Å². The van der Waals surface area contributed by atoms with Crippen molar-refractivity contribution in [1.29, 1.82) is 0 Å². The summed E-state index contributed by atoms with van der Waals surface area (Å²) < 4.78 is 23.6. The smallest absolute Gasteiger partial charge is 0.339 e. The molecule has 0 spiro atoms. The first-order valence-corrected chi connectivity index (χ1v) is 17.9. The summed E-state index contributed by atoms with van der Waals surface area (Å²) in [6.45, 7) is 0. The van der Waals surface area contributed by atoms with Crippen LogP contribution in [0.5, 0.6) is 23.0 Å². The molecule has 5 aromatic carbocycles. The van der Waals surface area contributed by atoms with Crippen molar-refractivity contribution < 1.29 is 53.2 Å². The Kier molecular flexibility index (Phi) is 12.8. The number of carboxylic acids is 1. The van der Waals surface area contributed by atoms with Crippen LogP contribution in [0.4, 0.5) is 21.5 Å². The van der Waals surface area contributed by atoms with E-state index >= 15 is 0 Å². The van der Waals surface area contributed by atoms with Crippen LogP contribution in [-0.2, 0) is 11.2 Å². The summed E-state index contributed by atoms with van der Waals surface area (Å²) in [5.41, 5.74) is 1.48. The molecule has 308 valence electrons. The van der Waals surface area contributed by atoms with Crippen molar-refractivity contribution in [3.8, 4) is 34.8 Å². The average molecular weight is 828 g/mol. The minimum absolute atomic E-state index is 0.000951. The van der Waals surface area contributed by atoms with E-state index in [1.54, 1.807) is 36.4 Å². The van der Waals surface area contributed by atoms with Crippen molar-refractivity contribution in [3.63, 3.8) is 0 Å². The largest absolute Gasteiger partial charge is 0.504 e. The van der Waals surface area contributed by atoms with Crippen LogP contribution in [0.3, 0.4) is 0 Å². The van der Waals surface area contributed by atoms with E-state index in [1.807, 2.05) is 0 Å². The number of phenols is 2. The number of carboxylic acid groups (broad SMARTS) is 1. The molecule has 17 nitrogen and oxygen atoms in total. The number of amides is 4. The number of ether oxygens (including phenoxy) is 2. The van der Waals surface area contributed by atoms with Gasteiger partial charge in [-0.2, -0.15) is 15.4 Å². The first-order chi connectivity index (χ1) is 29.3. The highest BCUT2D eigenvalue weighted by atomic mass is 19.1. The number of halogens is 1. The third-order valence-electron chi connectivity index (χ3n) is 8.90. The number of hydrogen-bond donors (Lipinski definition) is 8. The van der Waals surface area contributed by atoms with Crippen LogP contribution in [0.1, 0.15) is 58.3 Å². The van der Waals surface area contributed by atoms with Gasteiger partial charge in [0.15, 0.2) is 23.0 Å². The third-order valence-corrected chi connectivity index (χ3v) is 8.90. The molecule has 61 heavy (non-hydrogen) atoms. The first kappa shape index (κ1) is 41.9. The molecule has 8 N–H and O–H groups in total. The molecular weight excluding hydrogens is 794 g/mol. The van der Waals surface area contributed by atoms with Crippen LogP contribution in [0.15, 0.2) is 103 Å². The molecule has 0 unspecified atom stereocenters. The molecule has 1 aromatic heterocycles. The zero-order valence-electron chi connectivity index (χ0n) is 32.1. The Labute approximate surface area is 345 Å². The van der Waals surface area contributed by atoms with Gasteiger partial charge < -0.3 is 46.1 Å². The molecule has 0 aliphatic rings. The molecule has 0 bridgehead atoms. The number of phenolic OH excluding ortho intramolecular Hbond substituents is 1. The van der Waals surface area contributed by atoms with Crippen LogP contribution in [0.2, 0.25) is 0 Å². The lowest BCUT2D eigenvalue weighted by Crippen LogP contribution is -2.45. The number of benzene rings is 5. The van der Waals surface area contributed by atoms with Gasteiger partial charge in [-0.15, -0.1) is 0 Å². The number of nitrogens with zero attached hydrogens (tertiary/aromatic N) is 2. The van der Waals surface area contributed by atoms with Crippen molar-refractivity contribution in [2.24, 2.45) is 0 Å². The molecule has 0 aliphatic carbocycles. The fourth-order valence-electron chi connectivity index (χ4n) is 5.79. The summed E-state index contributed by atoms with van der Waals surface area (Å²) in [4.78, 5) is 64.6. The highest BCUT2D eigenvalue weighted by Crippen LogP contribution is 2.40. The second-order valence-electron chi connectivity index (χ2n) is 12.9. The van der Waals surface area contributed by atoms with Crippen LogP contribution in [0, 0.1) is 17.7 Å². The zero-order chi connectivity index (χ0) is 43.6. The van der Waals surface area contributed by atoms with Crippen LogP contribution >= 0.6 is 0 Å². The summed E-state index contributed by atoms with van der Waals surface area (Å²) in [5.74, 6) is -0.508. The number of rotatable bonds is 13. The van der Waals surface area contributed by atoms with Gasteiger partial charge in [0.1, 0.15) is 17.4 Å². The van der Waals surface area contributed by atoms with Crippen molar-refractivity contribution in [3.05, 3.63) is 148 Å². The van der Waals surface area contributed by atoms with E-state index in [1.165, 1.54) is 75.0 Å². The van der Waals surface area contributed by atoms with E-state index in [4.69, 9.17) is 9.47 Å². The minimum atomic E-state index is -1.42. The normalized spacial score (nSPS) is 10.9. The Bertz CT molecular complexity index is 2680. The number of aromatic amines is 1. The van der Waals surface area contributed by atoms with Gasteiger partial charge in [0.05, 0.1) is 43.0 Å². The standard InChI is InChI=1S/C43H34FN7O10/c1-60-37-32(19-17-30(35(37)52)41(56)48-33-20-18-31(43(58)59)36(53)38(33)61-2)47-39(54)26-11-15-28(16-12-26)46-42(57)34(21-29-22-45-51-50-29)49-40(55)25-9-5-23(6-10-25)3-4-24-7-13-27(44)14-8-24/h5-20,22,34,52-53H,21H2,1-2H3,(H,46,57)(H,47,54)(H,48,56)(H,49,55)(H,58,59)(H,45,50,51)/t34-/m0/s1. The van der Waals surface area contributed by atoms with Crippen molar-refractivity contribution >= 4 is 46.7 Å². The molecule has 0 saturated carbocycles. The second kappa shape index (κ2) is 18.7. The zero-order valence-corrected chi connectivity index (χ0v) is 32.1. The third kappa shape index (κ3) is 10.1. The fourth-order valence-corrected chi connectivity index (χ4v) is 5.79. The topological polar surface area (TPSA) is 254 Å². The molecule has 18 heteroatoms. The number of aromatic carboxylic acids is 1. The van der Waals surface area contributed by atoms with E-state index in [-0.39, 0.29) is 57.5 Å². The monoisotopic (exact) mass is 827 g/mol. The van der Waals surface area contributed by atoms with Gasteiger partial charge in [-0.1, -0.05) is 11.8 Å². The van der Waals surface area contributed by atoms with Crippen LogP contribution in [-0.4, -0.2) is 80.6 Å². The summed E-state index contributed by atoms with van der Waals surface area (Å²) in [6, 6.07) is 21.6. The predicted octanol–water partition coefficient (Wildman–Crippen LogP) is 4.95. The van der Waals surface area contributed by atoms with E-state index in [9.17, 15) is 43.7 Å². The lowest BCUT2D eigenvalue weighted by molar-refractivity contribution is -0.118. The summed E-state index contributed by atoms with van der Waals surface area (Å²) in [7, 11) is 2.37. The van der Waals surface area contributed by atoms with Crippen molar-refractivity contribution in [1.82, 2.24) is 20.7 Å². The quantitative estimate of drug-likeness (QED) is 0.0720. The molecule has 0 saturated heterocycles. The predicted molar refractivity (Wildman–Crippen MR) is 217 cm³/mol. The fraction of sp³-hybridized carbons (Fsp3) is 0.0930. The Morgan fingerprint density at radius 1 is 0.689 bits per heavy atom. The minimum Gasteiger partial charge on any atom is -0.504 e. The van der Waals surface area contributed by atoms with Gasteiger partial charge in [0.2, 0.25) is 5.91 Å². The highest BCUT2D eigenvalue weighted by Gasteiger charge is 2.25. The van der Waals surface area contributed by atoms with Gasteiger partial charge in [0, 0.05) is 34.4 Å². The molecule has 0 fully saturated rings. The molecule has 0 aliphatic heterocycles. The number of carbonyl (C=O) groups is 5. The number of aromatic hydroxyl groups is 2. The van der Waals surface area contributed by atoms with E-state index in [0.717, 1.165) is 6.07 Å². The summed E-state index contributed by atoms with van der Waals surface area (Å²) in [5, 5.41) is 51.2.